The summed E-state index contributed by atoms with van der Waals surface area (Å²) >= 11 is 0. The summed E-state index contributed by atoms with van der Waals surface area (Å²) in [7, 11) is 0. The van der Waals surface area contributed by atoms with Crippen molar-refractivity contribution in [3.63, 3.8) is 0 Å². The molecule has 0 radical (unpaired) electrons. The van der Waals surface area contributed by atoms with Gasteiger partial charge < -0.3 is 0 Å². The number of Topliss-reactive ketones (excluding diaryl/α,β-unsaturated/α-hetero) is 1. The third-order valence-electron chi connectivity index (χ3n) is 1.30. The topological polar surface area (TPSA) is 63.6 Å². The van der Waals surface area contributed by atoms with Gasteiger partial charge in [0.2, 0.25) is 0 Å². The summed E-state index contributed by atoms with van der Waals surface area (Å²) in [5, 5.41) is 7.90. The molecule has 1 N–H and O–H groups in total. The largest absolute Gasteiger partial charge is 0.412 e. The van der Waals surface area contributed by atoms with Crippen LogP contribution in [0.5, 0.6) is 0 Å². The van der Waals surface area contributed by atoms with Gasteiger partial charge in [0.05, 0.1) is 0 Å². The fraction of sp³-hybridized carbons (Fsp3) is 0.167. The van der Waals surface area contributed by atoms with E-state index in [2.05, 4.69) is 18.0 Å². The monoisotopic (exact) mass is 226 g/mol. The normalized spacial score (nSPS) is 7.06. The Bertz CT molecular complexity index is 306. The maximum Gasteiger partial charge on any atom is 0.412 e. The van der Waals surface area contributed by atoms with Gasteiger partial charge in [0.1, 0.15) is 0 Å². The number of carbonyl (C=O) groups excluding carboxylic acids is 2. The van der Waals surface area contributed by atoms with Crippen LogP contribution in [0.25, 0.3) is 0 Å². The summed E-state index contributed by atoms with van der Waals surface area (Å²) in [5.74, 6) is -2.14. The zero-order chi connectivity index (χ0) is 11.0. The van der Waals surface area contributed by atoms with Crippen LogP contribution in [0.15, 0.2) is 43.5 Å². The third kappa shape index (κ3) is 5.72. The van der Waals surface area contributed by atoms with Crippen molar-refractivity contribution < 1.29 is 19.7 Å². The second-order valence-corrected chi connectivity index (χ2v) is 2.07. The van der Waals surface area contributed by atoms with E-state index in [0.717, 1.165) is 0 Å². The molecule has 0 saturated heterocycles. The van der Waals surface area contributed by atoms with Crippen molar-refractivity contribution in [2.24, 2.45) is 0 Å². The number of hydrogen-bond acceptors (Lipinski definition) is 4. The smallest absolute Gasteiger partial charge is 0.292 e. The van der Waals surface area contributed by atoms with Gasteiger partial charge in [-0.05, 0) is 0 Å². The van der Waals surface area contributed by atoms with Crippen LogP contribution in [-0.2, 0) is 9.68 Å². The molecule has 0 aliphatic heterocycles. The molecular formula is C12H18O4. The van der Waals surface area contributed by atoms with E-state index in [1.807, 2.05) is 0 Å². The Morgan fingerprint density at radius 1 is 1.06 bits per heavy atom. The quantitative estimate of drug-likeness (QED) is 0.277. The van der Waals surface area contributed by atoms with Crippen LogP contribution >= 0.6 is 0 Å². The van der Waals surface area contributed by atoms with Gasteiger partial charge in [-0.2, -0.15) is 5.26 Å². The van der Waals surface area contributed by atoms with Crippen molar-refractivity contribution >= 4 is 11.8 Å². The molecule has 0 aromatic heterocycles. The van der Waals surface area contributed by atoms with Crippen molar-refractivity contribution in [1.29, 1.82) is 0 Å². The lowest BCUT2D eigenvalue weighted by atomic mass is 10.1. The molecule has 1 aromatic carbocycles. The molecule has 0 spiro atoms. The first-order chi connectivity index (χ1) is 6.75. The third-order valence-corrected chi connectivity index (χ3v) is 1.30. The molecular weight excluding hydrogens is 208 g/mol. The van der Waals surface area contributed by atoms with Crippen LogP contribution in [0, 0.1) is 0 Å². The zero-order valence-corrected chi connectivity index (χ0v) is 7.47. The van der Waals surface area contributed by atoms with E-state index < -0.39 is 11.8 Å². The van der Waals surface area contributed by atoms with Gasteiger partial charge in [-0.1, -0.05) is 45.2 Å². The van der Waals surface area contributed by atoms with Gasteiger partial charge in [0.15, 0.2) is 0 Å². The molecule has 0 fully saturated rings. The Morgan fingerprint density at radius 3 is 1.88 bits per heavy atom. The minimum absolute atomic E-state index is 0. The van der Waals surface area contributed by atoms with Crippen molar-refractivity contribution in [2.45, 2.75) is 14.9 Å². The molecule has 1 aromatic rings. The van der Waals surface area contributed by atoms with Crippen LogP contribution in [0.4, 0.5) is 0 Å². The Morgan fingerprint density at radius 2 is 1.50 bits per heavy atom. The highest BCUT2D eigenvalue weighted by Gasteiger charge is 2.16. The van der Waals surface area contributed by atoms with E-state index in [4.69, 9.17) is 5.26 Å². The lowest BCUT2D eigenvalue weighted by Crippen LogP contribution is -2.15. The van der Waals surface area contributed by atoms with Gasteiger partial charge >= 0.3 is 5.97 Å². The Labute approximate surface area is 96.1 Å². The summed E-state index contributed by atoms with van der Waals surface area (Å²) in [6.07, 6.45) is 0. The van der Waals surface area contributed by atoms with Crippen LogP contribution < -0.4 is 0 Å². The lowest BCUT2D eigenvalue weighted by molar-refractivity contribution is -0.227. The molecule has 4 nitrogen and oxygen atoms in total. The second kappa shape index (κ2) is 11.1. The number of benzene rings is 1. The van der Waals surface area contributed by atoms with E-state index in [1.54, 1.807) is 18.2 Å². The van der Waals surface area contributed by atoms with E-state index in [9.17, 15) is 9.59 Å². The van der Waals surface area contributed by atoms with Gasteiger partial charge in [-0.25, -0.2) is 4.79 Å². The maximum absolute atomic E-state index is 10.9. The van der Waals surface area contributed by atoms with Gasteiger partial charge in [-0.15, -0.1) is 13.2 Å². The van der Waals surface area contributed by atoms with Gasteiger partial charge in [0.25, 0.3) is 5.78 Å². The van der Waals surface area contributed by atoms with E-state index in [0.29, 0.717) is 0 Å². The molecule has 0 amide bonds. The zero-order valence-electron chi connectivity index (χ0n) is 7.47. The van der Waals surface area contributed by atoms with Gasteiger partial charge in [0, 0.05) is 5.56 Å². The summed E-state index contributed by atoms with van der Waals surface area (Å²) < 4.78 is 0. The molecule has 0 bridgehead atoms. The van der Waals surface area contributed by atoms with Crippen LogP contribution in [0.1, 0.15) is 25.2 Å². The number of hydrogen-bond donors (Lipinski definition) is 1. The molecule has 4 heteroatoms. The summed E-state index contributed by atoms with van der Waals surface area (Å²) in [6.45, 7) is 6.00. The SMILES string of the molecule is C.C.C=C.O=C(OO)C(=O)c1ccccc1. The van der Waals surface area contributed by atoms with Crippen molar-refractivity contribution in [1.82, 2.24) is 0 Å². The number of ketones is 1. The standard InChI is InChI=1S/C8H6O4.C2H4.2CH4/c9-7(8(10)12-11)6-4-2-1-3-5-6;1-2;;/h1-5,11H;1-2H2;2*1H4. The molecule has 1 rings (SSSR count). The first kappa shape index (κ1) is 19.6. The minimum Gasteiger partial charge on any atom is -0.292 e. The Balaban J connectivity index is -0.000000399. The molecule has 0 atom stereocenters. The fourth-order valence-corrected chi connectivity index (χ4v) is 0.749. The van der Waals surface area contributed by atoms with Crippen molar-refractivity contribution in [3.8, 4) is 0 Å². The van der Waals surface area contributed by atoms with E-state index >= 15 is 0 Å². The van der Waals surface area contributed by atoms with Crippen molar-refractivity contribution in [3.05, 3.63) is 49.1 Å². The van der Waals surface area contributed by atoms with Crippen LogP contribution in [-0.4, -0.2) is 17.0 Å². The van der Waals surface area contributed by atoms with E-state index in [-0.39, 0.29) is 20.4 Å². The summed E-state index contributed by atoms with van der Waals surface area (Å²) in [4.78, 5) is 24.7. The molecule has 0 saturated carbocycles. The molecule has 90 valence electrons. The average Bonchev–Trinajstić information content (AvgIpc) is 2.31. The first-order valence-corrected chi connectivity index (χ1v) is 3.71. The lowest BCUT2D eigenvalue weighted by Gasteiger charge is -1.94. The first-order valence-electron chi connectivity index (χ1n) is 3.71. The Kier molecular flexibility index (Phi) is 13.6. The summed E-state index contributed by atoms with van der Waals surface area (Å²) in [5.41, 5.74) is 0.191. The van der Waals surface area contributed by atoms with Crippen molar-refractivity contribution in [2.75, 3.05) is 0 Å². The molecule has 0 unspecified atom stereocenters. The highest BCUT2D eigenvalue weighted by molar-refractivity contribution is 6.40. The van der Waals surface area contributed by atoms with Crippen LogP contribution in [0.3, 0.4) is 0 Å². The molecule has 16 heavy (non-hydrogen) atoms. The Hall–Kier alpha value is -1.94. The molecule has 0 aliphatic carbocycles. The predicted molar refractivity (Wildman–Crippen MR) is 64.2 cm³/mol. The highest BCUT2D eigenvalue weighted by atomic mass is 17.1. The predicted octanol–water partition coefficient (Wildman–Crippen LogP) is 2.96. The summed E-state index contributed by atoms with van der Waals surface area (Å²) in [6, 6.07) is 7.84. The fourth-order valence-electron chi connectivity index (χ4n) is 0.749. The maximum atomic E-state index is 10.9. The molecule has 0 aliphatic rings. The average molecular weight is 226 g/mol. The van der Waals surface area contributed by atoms with Crippen LogP contribution in [0.2, 0.25) is 0 Å². The minimum atomic E-state index is -1.28. The highest BCUT2D eigenvalue weighted by Crippen LogP contribution is 2.00. The van der Waals surface area contributed by atoms with E-state index in [1.165, 1.54) is 12.1 Å². The second-order valence-electron chi connectivity index (χ2n) is 2.07. The molecule has 0 heterocycles. The number of carbonyl (C=O) groups is 2. The van der Waals surface area contributed by atoms with Gasteiger partial charge in [-0.3, -0.25) is 9.68 Å². The number of rotatable bonds is 2.